The first-order valence-electron chi connectivity index (χ1n) is 7.32. The third-order valence-corrected chi connectivity index (χ3v) is 3.46. The van der Waals surface area contributed by atoms with Crippen LogP contribution in [0.3, 0.4) is 0 Å². The van der Waals surface area contributed by atoms with Crippen molar-refractivity contribution in [3.63, 3.8) is 0 Å². The highest BCUT2D eigenvalue weighted by molar-refractivity contribution is 5.30. The largest absolute Gasteiger partial charge is 0.497 e. The molecule has 1 atom stereocenters. The lowest BCUT2D eigenvalue weighted by Gasteiger charge is -2.15. The summed E-state index contributed by atoms with van der Waals surface area (Å²) in [6.07, 6.45) is 0. The fourth-order valence-corrected chi connectivity index (χ4v) is 2.15. The second kappa shape index (κ2) is 7.70. The van der Waals surface area contributed by atoms with E-state index >= 15 is 0 Å². The van der Waals surface area contributed by atoms with Crippen LogP contribution in [0.15, 0.2) is 48.5 Å². The Balaban J connectivity index is 1.88. The first-order valence-corrected chi connectivity index (χ1v) is 7.32. The van der Waals surface area contributed by atoms with Gasteiger partial charge in [0.05, 0.1) is 13.7 Å². The average Bonchev–Trinajstić information content (AvgIpc) is 2.54. The molecular weight excluding hydrogens is 262 g/mol. The molecule has 0 radical (unpaired) electrons. The summed E-state index contributed by atoms with van der Waals surface area (Å²) in [6.45, 7) is 5.69. The number of hydrogen-bond donors (Lipinski definition) is 1. The molecule has 0 bridgehead atoms. The minimum absolute atomic E-state index is 0.294. The molecule has 0 saturated carbocycles. The van der Waals surface area contributed by atoms with Gasteiger partial charge in [0.1, 0.15) is 11.5 Å². The van der Waals surface area contributed by atoms with Crippen LogP contribution in [-0.2, 0) is 6.54 Å². The molecule has 1 N–H and O–H groups in total. The van der Waals surface area contributed by atoms with Crippen LogP contribution in [-0.4, -0.2) is 13.7 Å². The van der Waals surface area contributed by atoms with E-state index < -0.39 is 0 Å². The van der Waals surface area contributed by atoms with Crippen molar-refractivity contribution in [1.29, 1.82) is 0 Å². The van der Waals surface area contributed by atoms with Crippen LogP contribution in [0, 0.1) is 0 Å². The molecule has 3 nitrogen and oxygen atoms in total. The van der Waals surface area contributed by atoms with Gasteiger partial charge in [0.2, 0.25) is 0 Å². The van der Waals surface area contributed by atoms with E-state index in [4.69, 9.17) is 9.47 Å². The first kappa shape index (κ1) is 15.4. The molecule has 3 heteroatoms. The summed E-state index contributed by atoms with van der Waals surface area (Å²) >= 11 is 0. The summed E-state index contributed by atoms with van der Waals surface area (Å²) < 4.78 is 10.6. The molecule has 0 aliphatic carbocycles. The zero-order chi connectivity index (χ0) is 15.1. The summed E-state index contributed by atoms with van der Waals surface area (Å²) in [5.74, 6) is 1.81. The second-order valence-corrected chi connectivity index (χ2v) is 4.95. The molecule has 0 aromatic heterocycles. The number of benzene rings is 2. The molecule has 0 amide bonds. The predicted molar refractivity (Wildman–Crippen MR) is 85.9 cm³/mol. The van der Waals surface area contributed by atoms with Crippen LogP contribution >= 0.6 is 0 Å². The monoisotopic (exact) mass is 285 g/mol. The molecule has 0 saturated heterocycles. The van der Waals surface area contributed by atoms with E-state index in [0.29, 0.717) is 12.6 Å². The van der Waals surface area contributed by atoms with Gasteiger partial charge in [0.25, 0.3) is 0 Å². The molecule has 0 unspecified atom stereocenters. The van der Waals surface area contributed by atoms with Crippen molar-refractivity contribution >= 4 is 0 Å². The van der Waals surface area contributed by atoms with Crippen molar-refractivity contribution in [2.75, 3.05) is 13.7 Å². The molecular formula is C18H23NO2. The molecule has 0 aliphatic heterocycles. The molecule has 0 aliphatic rings. The second-order valence-electron chi connectivity index (χ2n) is 4.95. The number of methoxy groups -OCH3 is 1. The number of hydrogen-bond acceptors (Lipinski definition) is 3. The molecule has 2 rings (SSSR count). The molecule has 0 heterocycles. The Hall–Kier alpha value is -2.00. The van der Waals surface area contributed by atoms with Gasteiger partial charge in [-0.1, -0.05) is 24.3 Å². The van der Waals surface area contributed by atoms with Crippen LogP contribution in [0.5, 0.6) is 11.5 Å². The summed E-state index contributed by atoms with van der Waals surface area (Å²) in [5, 5.41) is 3.52. The van der Waals surface area contributed by atoms with E-state index in [9.17, 15) is 0 Å². The minimum atomic E-state index is 0.294. The number of ether oxygens (including phenoxy) is 2. The maximum absolute atomic E-state index is 5.45. The molecule has 21 heavy (non-hydrogen) atoms. The SMILES string of the molecule is CCOc1ccc(CN[C@H](C)c2ccc(OC)cc2)cc1. The van der Waals surface area contributed by atoms with Crippen molar-refractivity contribution in [1.82, 2.24) is 5.32 Å². The molecule has 0 fully saturated rings. The van der Waals surface area contributed by atoms with Crippen LogP contribution in [0.2, 0.25) is 0 Å². The van der Waals surface area contributed by atoms with Gasteiger partial charge in [-0.3, -0.25) is 0 Å². The van der Waals surface area contributed by atoms with Crippen molar-refractivity contribution in [3.8, 4) is 11.5 Å². The smallest absolute Gasteiger partial charge is 0.119 e. The number of rotatable bonds is 7. The van der Waals surface area contributed by atoms with Crippen molar-refractivity contribution in [3.05, 3.63) is 59.7 Å². The van der Waals surface area contributed by atoms with E-state index in [1.807, 2.05) is 31.2 Å². The first-order chi connectivity index (χ1) is 10.2. The van der Waals surface area contributed by atoms with Gasteiger partial charge < -0.3 is 14.8 Å². The average molecular weight is 285 g/mol. The standard InChI is InChI=1S/C18H23NO2/c1-4-21-18-9-5-15(6-10-18)13-19-14(2)16-7-11-17(20-3)12-8-16/h5-12,14,19H,4,13H2,1-3H3/t14-/m1/s1. The van der Waals surface area contributed by atoms with Gasteiger partial charge in [0.15, 0.2) is 0 Å². The fraction of sp³-hybridized carbons (Fsp3) is 0.333. The third kappa shape index (κ3) is 4.50. The van der Waals surface area contributed by atoms with Crippen molar-refractivity contribution in [2.24, 2.45) is 0 Å². The van der Waals surface area contributed by atoms with Crippen LogP contribution < -0.4 is 14.8 Å². The lowest BCUT2D eigenvalue weighted by Crippen LogP contribution is -2.17. The zero-order valence-corrected chi connectivity index (χ0v) is 12.9. The number of nitrogens with one attached hydrogen (secondary N) is 1. The highest BCUT2D eigenvalue weighted by Gasteiger charge is 2.05. The Kier molecular flexibility index (Phi) is 5.64. The van der Waals surface area contributed by atoms with E-state index in [1.54, 1.807) is 7.11 Å². The lowest BCUT2D eigenvalue weighted by atomic mass is 10.1. The topological polar surface area (TPSA) is 30.5 Å². The summed E-state index contributed by atoms with van der Waals surface area (Å²) in [6, 6.07) is 16.7. The lowest BCUT2D eigenvalue weighted by molar-refractivity contribution is 0.340. The Bertz CT molecular complexity index is 534. The quantitative estimate of drug-likeness (QED) is 0.835. The molecule has 0 spiro atoms. The minimum Gasteiger partial charge on any atom is -0.497 e. The van der Waals surface area contributed by atoms with E-state index in [1.165, 1.54) is 11.1 Å². The highest BCUT2D eigenvalue weighted by Crippen LogP contribution is 2.18. The van der Waals surface area contributed by atoms with Crippen molar-refractivity contribution in [2.45, 2.75) is 26.4 Å². The van der Waals surface area contributed by atoms with Crippen LogP contribution in [0.4, 0.5) is 0 Å². The van der Waals surface area contributed by atoms with Gasteiger partial charge in [-0.05, 0) is 49.2 Å². The van der Waals surface area contributed by atoms with Gasteiger partial charge >= 0.3 is 0 Å². The molecule has 2 aromatic rings. The maximum Gasteiger partial charge on any atom is 0.119 e. The predicted octanol–water partition coefficient (Wildman–Crippen LogP) is 3.94. The third-order valence-electron chi connectivity index (χ3n) is 3.46. The van der Waals surface area contributed by atoms with Crippen molar-refractivity contribution < 1.29 is 9.47 Å². The van der Waals surface area contributed by atoms with Crippen LogP contribution in [0.25, 0.3) is 0 Å². The van der Waals surface area contributed by atoms with E-state index in [-0.39, 0.29) is 0 Å². The van der Waals surface area contributed by atoms with E-state index in [0.717, 1.165) is 18.0 Å². The summed E-state index contributed by atoms with van der Waals surface area (Å²) in [5.41, 5.74) is 2.50. The fourth-order valence-electron chi connectivity index (χ4n) is 2.15. The van der Waals surface area contributed by atoms with Crippen LogP contribution in [0.1, 0.15) is 31.0 Å². The Labute approximate surface area is 126 Å². The molecule has 112 valence electrons. The maximum atomic E-state index is 5.45. The zero-order valence-electron chi connectivity index (χ0n) is 12.9. The van der Waals surface area contributed by atoms with Gasteiger partial charge in [-0.2, -0.15) is 0 Å². The van der Waals surface area contributed by atoms with E-state index in [2.05, 4.69) is 36.5 Å². The van der Waals surface area contributed by atoms with Gasteiger partial charge in [0, 0.05) is 12.6 Å². The Morgan fingerprint density at radius 1 is 0.952 bits per heavy atom. The Morgan fingerprint density at radius 3 is 2.14 bits per heavy atom. The molecule has 2 aromatic carbocycles. The normalized spacial score (nSPS) is 12.0. The van der Waals surface area contributed by atoms with Gasteiger partial charge in [-0.15, -0.1) is 0 Å². The summed E-state index contributed by atoms with van der Waals surface area (Å²) in [4.78, 5) is 0. The van der Waals surface area contributed by atoms with Gasteiger partial charge in [-0.25, -0.2) is 0 Å². The Morgan fingerprint density at radius 2 is 1.57 bits per heavy atom. The summed E-state index contributed by atoms with van der Waals surface area (Å²) in [7, 11) is 1.68. The highest BCUT2D eigenvalue weighted by atomic mass is 16.5.